The van der Waals surface area contributed by atoms with Gasteiger partial charge in [-0.25, -0.2) is 4.79 Å². The molecule has 9 heteroatoms. The molecular weight excluding hydrogens is 408 g/mol. The lowest BCUT2D eigenvalue weighted by molar-refractivity contribution is -0.138. The van der Waals surface area contributed by atoms with Gasteiger partial charge in [0.25, 0.3) is 5.91 Å². The lowest BCUT2D eigenvalue weighted by atomic mass is 9.87. The predicted molar refractivity (Wildman–Crippen MR) is 120 cm³/mol. The van der Waals surface area contributed by atoms with Gasteiger partial charge in [-0.1, -0.05) is 13.8 Å². The van der Waals surface area contributed by atoms with Gasteiger partial charge in [-0.05, 0) is 50.6 Å². The van der Waals surface area contributed by atoms with Crippen LogP contribution >= 0.6 is 0 Å². The van der Waals surface area contributed by atoms with E-state index in [9.17, 15) is 14.4 Å². The molecule has 0 aromatic carbocycles. The van der Waals surface area contributed by atoms with E-state index >= 15 is 0 Å². The first-order valence-electron chi connectivity index (χ1n) is 12.0. The molecule has 3 saturated heterocycles. The maximum atomic E-state index is 13.2. The highest BCUT2D eigenvalue weighted by molar-refractivity contribution is 6.07. The fourth-order valence-electron chi connectivity index (χ4n) is 5.33. The van der Waals surface area contributed by atoms with Crippen LogP contribution in [0.5, 0.6) is 0 Å². The van der Waals surface area contributed by atoms with Gasteiger partial charge in [0.1, 0.15) is 5.54 Å². The van der Waals surface area contributed by atoms with Crippen LogP contribution in [0.25, 0.3) is 0 Å². The molecule has 9 nitrogen and oxygen atoms in total. The van der Waals surface area contributed by atoms with Crippen molar-refractivity contribution < 1.29 is 14.4 Å². The van der Waals surface area contributed by atoms with Gasteiger partial charge in [0.15, 0.2) is 0 Å². The zero-order chi connectivity index (χ0) is 22.7. The van der Waals surface area contributed by atoms with Crippen LogP contribution in [-0.2, 0) is 16.1 Å². The molecular formula is C23H36N6O3. The predicted octanol–water partition coefficient (Wildman–Crippen LogP) is 1.55. The maximum absolute atomic E-state index is 13.2. The molecule has 32 heavy (non-hydrogen) atoms. The standard InChI is InChI=1S/C23H36N6O3/c1-3-10-26-14-7-23(8-15-26)21(31)29(22(32)25-23)17-19-5-12-27(13-6-19)20(30)18(2)16-28-11-4-9-24-28/h4,9,11,18-19H,3,5-8,10,12-17H2,1-2H3,(H,25,32)/t18-/m0/s1. The van der Waals surface area contributed by atoms with Crippen LogP contribution in [0.15, 0.2) is 18.5 Å². The Kier molecular flexibility index (Phi) is 6.83. The minimum Gasteiger partial charge on any atom is -0.342 e. The number of likely N-dealkylation sites (tertiary alicyclic amines) is 2. The molecule has 3 aliphatic heterocycles. The molecule has 3 fully saturated rings. The summed E-state index contributed by atoms with van der Waals surface area (Å²) in [5.74, 6) is 0.207. The Morgan fingerprint density at radius 3 is 2.56 bits per heavy atom. The second-order valence-electron chi connectivity index (χ2n) is 9.67. The van der Waals surface area contributed by atoms with E-state index in [4.69, 9.17) is 0 Å². The van der Waals surface area contributed by atoms with E-state index in [2.05, 4.69) is 22.2 Å². The van der Waals surface area contributed by atoms with Crippen molar-refractivity contribution in [3.8, 4) is 0 Å². The van der Waals surface area contributed by atoms with Crippen LogP contribution in [0.3, 0.4) is 0 Å². The molecule has 4 amide bonds. The molecule has 1 spiro atoms. The van der Waals surface area contributed by atoms with Crippen molar-refractivity contribution in [2.45, 2.75) is 58.0 Å². The molecule has 0 bridgehead atoms. The van der Waals surface area contributed by atoms with Gasteiger partial charge < -0.3 is 15.1 Å². The number of nitrogens with one attached hydrogen (secondary N) is 1. The third-order valence-corrected chi connectivity index (χ3v) is 7.30. The minimum absolute atomic E-state index is 0.0509. The van der Waals surface area contributed by atoms with Crippen LogP contribution in [0.4, 0.5) is 4.79 Å². The van der Waals surface area contributed by atoms with Crippen molar-refractivity contribution >= 4 is 17.8 Å². The zero-order valence-corrected chi connectivity index (χ0v) is 19.3. The molecule has 0 saturated carbocycles. The Bertz CT molecular complexity index is 810. The summed E-state index contributed by atoms with van der Waals surface area (Å²) in [7, 11) is 0. The van der Waals surface area contributed by atoms with Crippen molar-refractivity contribution in [3.05, 3.63) is 18.5 Å². The number of aromatic nitrogens is 2. The van der Waals surface area contributed by atoms with Gasteiger partial charge in [-0.15, -0.1) is 0 Å². The van der Waals surface area contributed by atoms with E-state index in [-0.39, 0.29) is 29.7 Å². The summed E-state index contributed by atoms with van der Waals surface area (Å²) in [5, 5.41) is 7.21. The number of hydrogen-bond donors (Lipinski definition) is 1. The summed E-state index contributed by atoms with van der Waals surface area (Å²) in [6.45, 7) is 9.22. The molecule has 0 radical (unpaired) electrons. The number of nitrogens with zero attached hydrogens (tertiary/aromatic N) is 5. The zero-order valence-electron chi connectivity index (χ0n) is 19.3. The molecule has 1 aromatic heterocycles. The lowest BCUT2D eigenvalue weighted by Gasteiger charge is -2.37. The second kappa shape index (κ2) is 9.60. The highest BCUT2D eigenvalue weighted by Gasteiger charge is 2.52. The Labute approximate surface area is 190 Å². The normalized spacial score (nSPS) is 23.1. The van der Waals surface area contributed by atoms with E-state index in [1.807, 2.05) is 24.1 Å². The average Bonchev–Trinajstić information content (AvgIpc) is 3.38. The summed E-state index contributed by atoms with van der Waals surface area (Å²) in [4.78, 5) is 44.4. The highest BCUT2D eigenvalue weighted by Crippen LogP contribution is 2.31. The third-order valence-electron chi connectivity index (χ3n) is 7.30. The van der Waals surface area contributed by atoms with Crippen molar-refractivity contribution in [2.24, 2.45) is 11.8 Å². The largest absolute Gasteiger partial charge is 0.342 e. The first-order chi connectivity index (χ1) is 15.4. The number of urea groups is 1. The van der Waals surface area contributed by atoms with Crippen molar-refractivity contribution in [1.29, 1.82) is 0 Å². The first-order valence-corrected chi connectivity index (χ1v) is 12.0. The number of amides is 4. The Morgan fingerprint density at radius 2 is 1.94 bits per heavy atom. The summed E-state index contributed by atoms with van der Waals surface area (Å²) in [6, 6.07) is 1.61. The van der Waals surface area contributed by atoms with E-state index < -0.39 is 5.54 Å². The monoisotopic (exact) mass is 444 g/mol. The van der Waals surface area contributed by atoms with Gasteiger partial charge in [0.2, 0.25) is 5.91 Å². The topological polar surface area (TPSA) is 90.8 Å². The average molecular weight is 445 g/mol. The molecule has 4 heterocycles. The first kappa shape index (κ1) is 22.8. The molecule has 1 atom stereocenters. The fraction of sp³-hybridized carbons (Fsp3) is 0.739. The molecule has 3 aliphatic rings. The van der Waals surface area contributed by atoms with Gasteiger partial charge in [0.05, 0.1) is 12.5 Å². The quantitative estimate of drug-likeness (QED) is 0.645. The highest BCUT2D eigenvalue weighted by atomic mass is 16.2. The molecule has 1 aromatic rings. The van der Waals surface area contributed by atoms with Crippen LogP contribution in [0.2, 0.25) is 0 Å². The smallest absolute Gasteiger partial charge is 0.325 e. The van der Waals surface area contributed by atoms with Gasteiger partial charge >= 0.3 is 6.03 Å². The number of carbonyl (C=O) groups excluding carboxylic acids is 3. The summed E-state index contributed by atoms with van der Waals surface area (Å²) < 4.78 is 1.79. The number of rotatable bonds is 7. The number of piperidine rings is 2. The van der Waals surface area contributed by atoms with Gasteiger partial charge in [-0.3, -0.25) is 19.2 Å². The Hall–Kier alpha value is -2.42. The summed E-state index contributed by atoms with van der Waals surface area (Å²) in [6.07, 6.45) is 7.70. The maximum Gasteiger partial charge on any atom is 0.325 e. The van der Waals surface area contributed by atoms with Crippen molar-refractivity contribution in [1.82, 2.24) is 29.8 Å². The van der Waals surface area contributed by atoms with E-state index in [0.29, 0.717) is 39.0 Å². The van der Waals surface area contributed by atoms with E-state index in [1.165, 1.54) is 4.90 Å². The molecule has 1 N–H and O–H groups in total. The fourth-order valence-corrected chi connectivity index (χ4v) is 5.33. The number of imide groups is 1. The van der Waals surface area contributed by atoms with Crippen molar-refractivity contribution in [2.75, 3.05) is 39.3 Å². The summed E-state index contributed by atoms with van der Waals surface area (Å²) >= 11 is 0. The number of carbonyl (C=O) groups is 3. The lowest BCUT2D eigenvalue weighted by Crippen LogP contribution is -2.55. The van der Waals surface area contributed by atoms with E-state index in [1.54, 1.807) is 10.9 Å². The van der Waals surface area contributed by atoms with Crippen LogP contribution < -0.4 is 5.32 Å². The Morgan fingerprint density at radius 1 is 1.22 bits per heavy atom. The van der Waals surface area contributed by atoms with Crippen LogP contribution in [-0.4, -0.2) is 87.1 Å². The molecule has 0 aliphatic carbocycles. The van der Waals surface area contributed by atoms with Crippen LogP contribution in [0.1, 0.15) is 46.0 Å². The third kappa shape index (κ3) is 4.67. The number of hydrogen-bond acceptors (Lipinski definition) is 5. The SMILES string of the molecule is CCCN1CCC2(CC1)NC(=O)N(CC1CCN(C(=O)[C@@H](C)Cn3cccn3)CC1)C2=O. The summed E-state index contributed by atoms with van der Waals surface area (Å²) in [5.41, 5.74) is -0.708. The molecule has 0 unspecified atom stereocenters. The Balaban J connectivity index is 1.26. The van der Waals surface area contributed by atoms with Gasteiger partial charge in [0, 0.05) is 45.1 Å². The van der Waals surface area contributed by atoms with E-state index in [0.717, 1.165) is 38.9 Å². The van der Waals surface area contributed by atoms with Crippen molar-refractivity contribution in [3.63, 3.8) is 0 Å². The molecule has 176 valence electrons. The van der Waals surface area contributed by atoms with Crippen LogP contribution in [0, 0.1) is 11.8 Å². The second-order valence-corrected chi connectivity index (χ2v) is 9.67. The van der Waals surface area contributed by atoms with Gasteiger partial charge in [-0.2, -0.15) is 5.10 Å². The molecule has 4 rings (SSSR count). The minimum atomic E-state index is -0.708.